The summed E-state index contributed by atoms with van der Waals surface area (Å²) in [7, 11) is 0. The first-order chi connectivity index (χ1) is 13.7. The minimum atomic E-state index is -0.148. The van der Waals surface area contributed by atoms with Gasteiger partial charge in [0, 0.05) is 23.9 Å². The van der Waals surface area contributed by atoms with E-state index in [-0.39, 0.29) is 11.5 Å². The van der Waals surface area contributed by atoms with Crippen LogP contribution in [0, 0.1) is 0 Å². The molecule has 1 spiro atoms. The molecule has 2 aliphatic rings. The Kier molecular flexibility index (Phi) is 4.29. The molecule has 1 fully saturated rings. The Morgan fingerprint density at radius 2 is 1.79 bits per heavy atom. The number of nitrogens with zero attached hydrogens (tertiary/aromatic N) is 1. The SMILES string of the molecule is Oc1cccc(C2CC3(CCNCC3)Oc3cc(-c4ccncc4)ccc32)c1. The highest BCUT2D eigenvalue weighted by Crippen LogP contribution is 2.48. The lowest BCUT2D eigenvalue weighted by molar-refractivity contribution is 0.0114. The molecule has 28 heavy (non-hydrogen) atoms. The number of aromatic nitrogens is 1. The van der Waals surface area contributed by atoms with E-state index in [1.165, 1.54) is 5.56 Å². The summed E-state index contributed by atoms with van der Waals surface area (Å²) < 4.78 is 6.69. The minimum absolute atomic E-state index is 0.148. The number of hydrogen-bond acceptors (Lipinski definition) is 4. The van der Waals surface area contributed by atoms with E-state index >= 15 is 0 Å². The lowest BCUT2D eigenvalue weighted by Crippen LogP contribution is -2.49. The summed E-state index contributed by atoms with van der Waals surface area (Å²) in [4.78, 5) is 4.12. The normalized spacial score (nSPS) is 20.4. The fourth-order valence-electron chi connectivity index (χ4n) is 4.62. The second-order valence-corrected chi connectivity index (χ2v) is 7.88. The number of piperidine rings is 1. The van der Waals surface area contributed by atoms with Crippen molar-refractivity contribution in [3.8, 4) is 22.6 Å². The van der Waals surface area contributed by atoms with Gasteiger partial charge in [0.1, 0.15) is 17.1 Å². The molecule has 0 amide bonds. The first-order valence-corrected chi connectivity index (χ1v) is 9.96. The van der Waals surface area contributed by atoms with Crippen LogP contribution < -0.4 is 10.1 Å². The van der Waals surface area contributed by atoms with E-state index in [1.807, 2.05) is 36.7 Å². The average Bonchev–Trinajstić information content (AvgIpc) is 2.74. The number of phenols is 1. The molecule has 3 heterocycles. The van der Waals surface area contributed by atoms with Gasteiger partial charge < -0.3 is 15.2 Å². The van der Waals surface area contributed by atoms with E-state index < -0.39 is 0 Å². The molecule has 0 aliphatic carbocycles. The van der Waals surface area contributed by atoms with E-state index in [4.69, 9.17) is 4.74 Å². The van der Waals surface area contributed by atoms with Gasteiger partial charge in [-0.15, -0.1) is 0 Å². The molecule has 3 aromatic rings. The molecule has 2 aromatic carbocycles. The molecule has 0 saturated carbocycles. The third kappa shape index (κ3) is 3.14. The zero-order valence-corrected chi connectivity index (χ0v) is 15.8. The molecule has 5 rings (SSSR count). The summed E-state index contributed by atoms with van der Waals surface area (Å²) in [5.41, 5.74) is 4.49. The molecular formula is C24H24N2O2. The van der Waals surface area contributed by atoms with Gasteiger partial charge in [0.25, 0.3) is 0 Å². The fraction of sp³-hybridized carbons (Fsp3) is 0.292. The van der Waals surface area contributed by atoms with Crippen molar-refractivity contribution in [3.05, 3.63) is 78.1 Å². The van der Waals surface area contributed by atoms with Gasteiger partial charge in [-0.05, 0) is 79.4 Å². The Morgan fingerprint density at radius 1 is 0.964 bits per heavy atom. The monoisotopic (exact) mass is 372 g/mol. The Hall–Kier alpha value is -2.85. The van der Waals surface area contributed by atoms with Crippen LogP contribution in [0.3, 0.4) is 0 Å². The number of phenolic OH excluding ortho intramolecular Hbond substituents is 1. The number of hydrogen-bond donors (Lipinski definition) is 2. The quantitative estimate of drug-likeness (QED) is 0.696. The zero-order valence-electron chi connectivity index (χ0n) is 15.8. The Balaban J connectivity index is 1.61. The molecule has 2 N–H and O–H groups in total. The largest absolute Gasteiger partial charge is 0.508 e. The second-order valence-electron chi connectivity index (χ2n) is 7.88. The number of rotatable bonds is 2. The van der Waals surface area contributed by atoms with E-state index in [1.54, 1.807) is 6.07 Å². The molecule has 2 aliphatic heterocycles. The van der Waals surface area contributed by atoms with Crippen molar-refractivity contribution < 1.29 is 9.84 Å². The minimum Gasteiger partial charge on any atom is -0.508 e. The summed E-state index contributed by atoms with van der Waals surface area (Å²) in [6.07, 6.45) is 6.58. The zero-order chi connectivity index (χ0) is 19.0. The maximum atomic E-state index is 10.0. The Labute approximate surface area is 165 Å². The molecule has 1 atom stereocenters. The van der Waals surface area contributed by atoms with Crippen molar-refractivity contribution in [2.45, 2.75) is 30.8 Å². The van der Waals surface area contributed by atoms with E-state index in [2.05, 4.69) is 34.6 Å². The van der Waals surface area contributed by atoms with Crippen molar-refractivity contribution in [2.24, 2.45) is 0 Å². The maximum Gasteiger partial charge on any atom is 0.124 e. The number of aromatic hydroxyl groups is 1. The lowest BCUT2D eigenvalue weighted by atomic mass is 9.75. The third-order valence-corrected chi connectivity index (χ3v) is 6.09. The Bertz CT molecular complexity index is 981. The van der Waals surface area contributed by atoms with Crippen LogP contribution in [-0.2, 0) is 0 Å². The summed E-state index contributed by atoms with van der Waals surface area (Å²) in [5, 5.41) is 13.5. The highest BCUT2D eigenvalue weighted by Gasteiger charge is 2.42. The smallest absolute Gasteiger partial charge is 0.124 e. The van der Waals surface area contributed by atoms with Crippen LogP contribution in [0.5, 0.6) is 11.5 Å². The highest BCUT2D eigenvalue weighted by molar-refractivity contribution is 5.66. The third-order valence-electron chi connectivity index (χ3n) is 6.09. The van der Waals surface area contributed by atoms with Crippen molar-refractivity contribution >= 4 is 0 Å². The first kappa shape index (κ1) is 17.3. The number of fused-ring (bicyclic) bond motifs is 1. The molecule has 1 aromatic heterocycles. The summed E-state index contributed by atoms with van der Waals surface area (Å²) in [6.45, 7) is 1.96. The van der Waals surface area contributed by atoms with E-state index in [0.717, 1.165) is 54.8 Å². The Morgan fingerprint density at radius 3 is 2.57 bits per heavy atom. The maximum absolute atomic E-state index is 10.0. The predicted molar refractivity (Wildman–Crippen MR) is 110 cm³/mol. The lowest BCUT2D eigenvalue weighted by Gasteiger charge is -2.45. The topological polar surface area (TPSA) is 54.4 Å². The molecule has 0 bridgehead atoms. The second kappa shape index (κ2) is 6.95. The van der Waals surface area contributed by atoms with Crippen molar-refractivity contribution in [3.63, 3.8) is 0 Å². The van der Waals surface area contributed by atoms with Gasteiger partial charge in [0.2, 0.25) is 0 Å². The van der Waals surface area contributed by atoms with Gasteiger partial charge in [-0.1, -0.05) is 24.3 Å². The molecule has 4 heteroatoms. The van der Waals surface area contributed by atoms with Gasteiger partial charge in [0.05, 0.1) is 0 Å². The van der Waals surface area contributed by atoms with Gasteiger partial charge >= 0.3 is 0 Å². The molecule has 0 radical (unpaired) electrons. The molecular weight excluding hydrogens is 348 g/mol. The molecule has 1 saturated heterocycles. The van der Waals surface area contributed by atoms with E-state index in [0.29, 0.717) is 5.75 Å². The summed E-state index contributed by atoms with van der Waals surface area (Å²) in [5.74, 6) is 1.51. The highest BCUT2D eigenvalue weighted by atomic mass is 16.5. The number of benzene rings is 2. The summed E-state index contributed by atoms with van der Waals surface area (Å²) in [6, 6.07) is 18.2. The molecule has 1 unspecified atom stereocenters. The first-order valence-electron chi connectivity index (χ1n) is 9.96. The van der Waals surface area contributed by atoms with Crippen LogP contribution in [0.2, 0.25) is 0 Å². The van der Waals surface area contributed by atoms with Crippen molar-refractivity contribution in [2.75, 3.05) is 13.1 Å². The van der Waals surface area contributed by atoms with E-state index in [9.17, 15) is 5.11 Å². The van der Waals surface area contributed by atoms with Crippen LogP contribution in [0.15, 0.2) is 67.0 Å². The number of pyridine rings is 1. The van der Waals surface area contributed by atoms with Gasteiger partial charge in [-0.25, -0.2) is 0 Å². The summed E-state index contributed by atoms with van der Waals surface area (Å²) >= 11 is 0. The van der Waals surface area contributed by atoms with Crippen molar-refractivity contribution in [1.82, 2.24) is 10.3 Å². The standard InChI is InChI=1S/C24H24N2O2/c27-20-3-1-2-19(14-20)22-16-24(8-12-26-13-9-24)28-23-15-18(4-5-21(22)23)17-6-10-25-11-7-17/h1-7,10-11,14-15,22,26-27H,8-9,12-13,16H2. The van der Waals surface area contributed by atoms with Crippen molar-refractivity contribution in [1.29, 1.82) is 0 Å². The van der Waals surface area contributed by atoms with Gasteiger partial charge in [-0.2, -0.15) is 0 Å². The number of ether oxygens (including phenoxy) is 1. The van der Waals surface area contributed by atoms with Gasteiger partial charge in [-0.3, -0.25) is 4.98 Å². The molecule has 142 valence electrons. The average molecular weight is 372 g/mol. The number of nitrogens with one attached hydrogen (secondary N) is 1. The molecule has 4 nitrogen and oxygen atoms in total. The predicted octanol–water partition coefficient (Wildman–Crippen LogP) is 4.49. The fourth-order valence-corrected chi connectivity index (χ4v) is 4.62. The van der Waals surface area contributed by atoms with Crippen LogP contribution >= 0.6 is 0 Å². The van der Waals surface area contributed by atoms with Gasteiger partial charge in [0.15, 0.2) is 0 Å². The van der Waals surface area contributed by atoms with Crippen LogP contribution in [0.1, 0.15) is 36.3 Å². The van der Waals surface area contributed by atoms with Crippen LogP contribution in [-0.4, -0.2) is 28.8 Å². The van der Waals surface area contributed by atoms with Crippen LogP contribution in [0.25, 0.3) is 11.1 Å². The van der Waals surface area contributed by atoms with Crippen LogP contribution in [0.4, 0.5) is 0 Å².